The molecule has 130 valence electrons. The lowest BCUT2D eigenvalue weighted by Crippen LogP contribution is -2.30. The largest absolute Gasteiger partial charge is 0.481 e. The summed E-state index contributed by atoms with van der Waals surface area (Å²) < 4.78 is 15.2. The van der Waals surface area contributed by atoms with Crippen molar-refractivity contribution >= 4 is 11.9 Å². The highest BCUT2D eigenvalue weighted by atomic mass is 19.1. The lowest BCUT2D eigenvalue weighted by atomic mass is 9.92. The van der Waals surface area contributed by atoms with Gasteiger partial charge in [-0.05, 0) is 42.9 Å². The lowest BCUT2D eigenvalue weighted by molar-refractivity contribution is -0.142. The molecular weight excluding hydrogens is 325 g/mol. The van der Waals surface area contributed by atoms with Gasteiger partial charge < -0.3 is 10.0 Å². The molecule has 7 heteroatoms. The van der Waals surface area contributed by atoms with E-state index in [2.05, 4.69) is 5.10 Å². The van der Waals surface area contributed by atoms with E-state index in [0.717, 1.165) is 12.8 Å². The molecule has 1 amide bonds. The van der Waals surface area contributed by atoms with E-state index in [9.17, 15) is 19.1 Å². The van der Waals surface area contributed by atoms with Crippen molar-refractivity contribution in [3.8, 4) is 5.69 Å². The molecule has 1 aromatic carbocycles. The fraction of sp³-hybridized carbons (Fsp3) is 0.389. The van der Waals surface area contributed by atoms with Crippen molar-refractivity contribution < 1.29 is 19.1 Å². The third-order valence-electron chi connectivity index (χ3n) is 5.10. The number of para-hydroxylation sites is 1. The normalized spacial score (nSPS) is 23.0. The molecule has 1 N–H and O–H groups in total. The maximum atomic E-state index is 13.9. The van der Waals surface area contributed by atoms with E-state index in [1.54, 1.807) is 23.1 Å². The van der Waals surface area contributed by atoms with Gasteiger partial charge in [-0.1, -0.05) is 12.1 Å². The molecule has 6 nitrogen and oxygen atoms in total. The molecule has 1 aliphatic carbocycles. The van der Waals surface area contributed by atoms with Gasteiger partial charge in [0.05, 0.1) is 5.92 Å². The second-order valence-corrected chi connectivity index (χ2v) is 6.75. The summed E-state index contributed by atoms with van der Waals surface area (Å²) in [4.78, 5) is 25.7. The average Bonchev–Trinajstić information content (AvgIpc) is 3.16. The Morgan fingerprint density at radius 3 is 2.60 bits per heavy atom. The number of hydrogen-bond donors (Lipinski definition) is 1. The van der Waals surface area contributed by atoms with Gasteiger partial charge in [-0.3, -0.25) is 9.59 Å². The maximum Gasteiger partial charge on any atom is 0.308 e. The fourth-order valence-electron chi connectivity index (χ4n) is 3.63. The summed E-state index contributed by atoms with van der Waals surface area (Å²) in [5, 5.41) is 13.6. The molecule has 2 aliphatic rings. The molecule has 2 heterocycles. The third kappa shape index (κ3) is 2.90. The first kappa shape index (κ1) is 15.8. The third-order valence-corrected chi connectivity index (χ3v) is 5.10. The molecule has 2 fully saturated rings. The van der Waals surface area contributed by atoms with Crippen molar-refractivity contribution in [2.45, 2.75) is 12.8 Å². The van der Waals surface area contributed by atoms with Crippen LogP contribution < -0.4 is 0 Å². The number of likely N-dealkylation sites (tertiary alicyclic amines) is 1. The van der Waals surface area contributed by atoms with Crippen molar-refractivity contribution in [1.29, 1.82) is 0 Å². The van der Waals surface area contributed by atoms with Gasteiger partial charge in [0.25, 0.3) is 5.91 Å². The van der Waals surface area contributed by atoms with Crippen LogP contribution in [0.4, 0.5) is 4.39 Å². The highest BCUT2D eigenvalue weighted by Crippen LogP contribution is 2.44. The number of amides is 1. The smallest absolute Gasteiger partial charge is 0.308 e. The predicted octanol–water partition coefficient (Wildman–Crippen LogP) is 2.19. The minimum absolute atomic E-state index is 0.0232. The highest BCUT2D eigenvalue weighted by Gasteiger charge is 2.47. The van der Waals surface area contributed by atoms with Crippen molar-refractivity contribution in [2.75, 3.05) is 13.1 Å². The molecule has 0 radical (unpaired) electrons. The number of nitrogens with zero attached hydrogens (tertiary/aromatic N) is 3. The van der Waals surface area contributed by atoms with Gasteiger partial charge in [-0.2, -0.15) is 5.10 Å². The van der Waals surface area contributed by atoms with Gasteiger partial charge in [-0.15, -0.1) is 0 Å². The van der Waals surface area contributed by atoms with Gasteiger partial charge in [0, 0.05) is 19.3 Å². The van der Waals surface area contributed by atoms with Gasteiger partial charge in [0.2, 0.25) is 0 Å². The molecule has 1 saturated carbocycles. The standard InChI is InChI=1S/C18H18FN3O3/c19-14-3-1-2-4-16(14)22-8-7-15(20-22)17(23)21-9-12(11-5-6-11)13(10-21)18(24)25/h1-4,7-8,11-13H,5-6,9-10H2,(H,24,25)/t12-,13+/m1/s1. The van der Waals surface area contributed by atoms with Crippen LogP contribution in [0.1, 0.15) is 23.3 Å². The van der Waals surface area contributed by atoms with Crippen LogP contribution in [0.25, 0.3) is 5.69 Å². The summed E-state index contributed by atoms with van der Waals surface area (Å²) >= 11 is 0. The SMILES string of the molecule is O=C(O)[C@H]1CN(C(=O)c2ccn(-c3ccccc3F)n2)C[C@@H]1C1CC1. The van der Waals surface area contributed by atoms with Crippen LogP contribution in [0.15, 0.2) is 36.5 Å². The molecule has 0 spiro atoms. The van der Waals surface area contributed by atoms with E-state index in [4.69, 9.17) is 0 Å². The predicted molar refractivity (Wildman–Crippen MR) is 86.8 cm³/mol. The second-order valence-electron chi connectivity index (χ2n) is 6.75. The van der Waals surface area contributed by atoms with Crippen LogP contribution in [-0.2, 0) is 4.79 Å². The molecule has 0 unspecified atom stereocenters. The summed E-state index contributed by atoms with van der Waals surface area (Å²) in [7, 11) is 0. The molecule has 2 atom stereocenters. The van der Waals surface area contributed by atoms with Crippen molar-refractivity contribution in [3.63, 3.8) is 0 Å². The van der Waals surface area contributed by atoms with Gasteiger partial charge >= 0.3 is 5.97 Å². The Labute approximate surface area is 143 Å². The molecule has 0 bridgehead atoms. The Balaban J connectivity index is 1.54. The van der Waals surface area contributed by atoms with Crippen LogP contribution in [0.2, 0.25) is 0 Å². The first-order chi connectivity index (χ1) is 12.0. The van der Waals surface area contributed by atoms with Crippen LogP contribution in [-0.4, -0.2) is 44.8 Å². The minimum Gasteiger partial charge on any atom is -0.481 e. The number of benzene rings is 1. The van der Waals surface area contributed by atoms with E-state index in [0.29, 0.717) is 12.5 Å². The topological polar surface area (TPSA) is 75.4 Å². The Hall–Kier alpha value is -2.70. The van der Waals surface area contributed by atoms with Crippen LogP contribution in [0, 0.1) is 23.6 Å². The van der Waals surface area contributed by atoms with Crippen molar-refractivity contribution in [2.24, 2.45) is 17.8 Å². The number of halogens is 1. The quantitative estimate of drug-likeness (QED) is 0.923. The first-order valence-corrected chi connectivity index (χ1v) is 8.37. The Morgan fingerprint density at radius 1 is 1.16 bits per heavy atom. The number of aliphatic carboxylic acids is 1. The lowest BCUT2D eigenvalue weighted by Gasteiger charge is -2.14. The Bertz CT molecular complexity index is 830. The maximum absolute atomic E-state index is 13.9. The fourth-order valence-corrected chi connectivity index (χ4v) is 3.63. The minimum atomic E-state index is -0.843. The monoisotopic (exact) mass is 343 g/mol. The number of rotatable bonds is 4. The van der Waals surface area contributed by atoms with E-state index in [-0.39, 0.29) is 29.8 Å². The number of carbonyl (C=O) groups is 2. The zero-order valence-electron chi connectivity index (χ0n) is 13.5. The zero-order valence-corrected chi connectivity index (χ0v) is 13.5. The van der Waals surface area contributed by atoms with Gasteiger partial charge in [0.1, 0.15) is 11.5 Å². The summed E-state index contributed by atoms with van der Waals surface area (Å²) in [5.74, 6) is -1.64. The number of carbonyl (C=O) groups excluding carboxylic acids is 1. The number of hydrogen-bond acceptors (Lipinski definition) is 3. The first-order valence-electron chi connectivity index (χ1n) is 8.37. The Morgan fingerprint density at radius 2 is 1.92 bits per heavy atom. The van der Waals surface area contributed by atoms with E-state index in [1.165, 1.54) is 23.0 Å². The van der Waals surface area contributed by atoms with E-state index < -0.39 is 17.7 Å². The summed E-state index contributed by atoms with van der Waals surface area (Å²) in [6.45, 7) is 0.662. The van der Waals surface area contributed by atoms with Crippen molar-refractivity contribution in [1.82, 2.24) is 14.7 Å². The molecular formula is C18H18FN3O3. The highest BCUT2D eigenvalue weighted by molar-refractivity contribution is 5.93. The molecule has 4 rings (SSSR count). The van der Waals surface area contributed by atoms with Crippen molar-refractivity contribution in [3.05, 3.63) is 48.0 Å². The molecule has 1 saturated heterocycles. The van der Waals surface area contributed by atoms with E-state index >= 15 is 0 Å². The molecule has 2 aromatic rings. The van der Waals surface area contributed by atoms with Crippen LogP contribution in [0.3, 0.4) is 0 Å². The van der Waals surface area contributed by atoms with Gasteiger partial charge in [-0.25, -0.2) is 9.07 Å². The van der Waals surface area contributed by atoms with Crippen LogP contribution >= 0.6 is 0 Å². The van der Waals surface area contributed by atoms with E-state index in [1.807, 2.05) is 0 Å². The summed E-state index contributed by atoms with van der Waals surface area (Å²) in [5.41, 5.74) is 0.464. The summed E-state index contributed by atoms with van der Waals surface area (Å²) in [6.07, 6.45) is 3.62. The number of carboxylic acid groups (broad SMARTS) is 1. The molecule has 1 aromatic heterocycles. The van der Waals surface area contributed by atoms with Crippen LogP contribution in [0.5, 0.6) is 0 Å². The second kappa shape index (κ2) is 5.98. The van der Waals surface area contributed by atoms with Gasteiger partial charge in [0.15, 0.2) is 5.69 Å². The number of carboxylic acids is 1. The average molecular weight is 343 g/mol. The number of aromatic nitrogens is 2. The zero-order chi connectivity index (χ0) is 17.6. The molecule has 25 heavy (non-hydrogen) atoms. The molecule has 1 aliphatic heterocycles. The summed E-state index contributed by atoms with van der Waals surface area (Å²) in [6, 6.07) is 7.73. The Kier molecular flexibility index (Phi) is 3.78.